The average Bonchev–Trinajstić information content (AvgIpc) is 2.89. The van der Waals surface area contributed by atoms with Crippen molar-refractivity contribution < 1.29 is 19.4 Å². The molecule has 4 rings (SSSR count). The number of carbonyl (C=O) groups excluding carboxylic acids is 1. The predicted molar refractivity (Wildman–Crippen MR) is 163 cm³/mol. The van der Waals surface area contributed by atoms with Gasteiger partial charge in [0.05, 0.1) is 11.1 Å². The second-order valence-corrected chi connectivity index (χ2v) is 12.9. The summed E-state index contributed by atoms with van der Waals surface area (Å²) in [7, 11) is 0. The molecule has 6 unspecified atom stereocenters. The molecule has 5 N–H and O–H groups in total. The van der Waals surface area contributed by atoms with Crippen LogP contribution in [0.3, 0.4) is 0 Å². The number of rotatable bonds is 6. The number of carboxylic acids is 1. The molecule has 6 nitrogen and oxygen atoms in total. The zero-order chi connectivity index (χ0) is 29.6. The number of anilines is 2. The molecule has 0 spiro atoms. The fourth-order valence-electron chi connectivity index (χ4n) is 6.79. The topological polar surface area (TPSA) is 116 Å². The van der Waals surface area contributed by atoms with Crippen LogP contribution in [0.4, 0.5) is 11.4 Å². The first-order valence-corrected chi connectivity index (χ1v) is 15.1. The molecule has 2 saturated carbocycles. The summed E-state index contributed by atoms with van der Waals surface area (Å²) < 4.78 is 5.78. The standard InChI is InChI=1S/2C17H25NO2/c1-10(2)12-8-7-11(3)9-15(12)13-5-4-6-14(16(13)18)17(19)20;1-11(2)13-9-8-12(3)10-16(13)20-17(19)14-6-4-5-7-15(14)18/h4-6,10-12,15H,7-9,18H2,1-3H3,(H,19,20);4-7,11-13,16H,8-10,18H2,1-3H3. The van der Waals surface area contributed by atoms with Crippen LogP contribution in [0, 0.1) is 35.5 Å². The monoisotopic (exact) mass is 550 g/mol. The van der Waals surface area contributed by atoms with Crippen molar-refractivity contribution in [1.29, 1.82) is 0 Å². The van der Waals surface area contributed by atoms with Gasteiger partial charge in [-0.3, -0.25) is 0 Å². The number of ether oxygens (including phenoxy) is 1. The maximum absolute atomic E-state index is 12.3. The van der Waals surface area contributed by atoms with Gasteiger partial charge >= 0.3 is 11.9 Å². The van der Waals surface area contributed by atoms with Gasteiger partial charge in [-0.2, -0.15) is 0 Å². The summed E-state index contributed by atoms with van der Waals surface area (Å²) in [6, 6.07) is 12.5. The van der Waals surface area contributed by atoms with E-state index in [1.165, 1.54) is 19.3 Å². The minimum absolute atomic E-state index is 0.0193. The van der Waals surface area contributed by atoms with E-state index in [4.69, 9.17) is 16.2 Å². The fourth-order valence-corrected chi connectivity index (χ4v) is 6.79. The highest BCUT2D eigenvalue weighted by Crippen LogP contribution is 2.46. The molecule has 2 aromatic rings. The van der Waals surface area contributed by atoms with E-state index in [1.54, 1.807) is 18.2 Å². The van der Waals surface area contributed by atoms with Crippen LogP contribution in [0.5, 0.6) is 0 Å². The second kappa shape index (κ2) is 14.0. The lowest BCUT2D eigenvalue weighted by molar-refractivity contribution is -0.0173. The van der Waals surface area contributed by atoms with Crippen molar-refractivity contribution in [2.24, 2.45) is 35.5 Å². The number of esters is 1. The molecule has 0 heterocycles. The van der Waals surface area contributed by atoms with Gasteiger partial charge in [-0.1, -0.05) is 78.6 Å². The molecule has 2 aromatic carbocycles. The van der Waals surface area contributed by atoms with Gasteiger partial charge in [-0.15, -0.1) is 0 Å². The first-order chi connectivity index (χ1) is 18.9. The van der Waals surface area contributed by atoms with Crippen LogP contribution in [0.15, 0.2) is 42.5 Å². The van der Waals surface area contributed by atoms with E-state index in [0.29, 0.717) is 58.4 Å². The number of benzene rings is 2. The molecule has 0 radical (unpaired) electrons. The lowest BCUT2D eigenvalue weighted by Crippen LogP contribution is -2.36. The molecule has 220 valence electrons. The SMILES string of the molecule is CC1CCC(C(C)C)C(OC(=O)c2ccccc2N)C1.CC1CCC(C(C)C)C(c2cccc(C(=O)O)c2N)C1. The molecule has 40 heavy (non-hydrogen) atoms. The molecule has 0 amide bonds. The van der Waals surface area contributed by atoms with Gasteiger partial charge in [0, 0.05) is 11.4 Å². The Balaban J connectivity index is 0.000000220. The van der Waals surface area contributed by atoms with Gasteiger partial charge in [0.2, 0.25) is 0 Å². The van der Waals surface area contributed by atoms with E-state index in [1.807, 2.05) is 24.3 Å². The van der Waals surface area contributed by atoms with Gasteiger partial charge in [-0.25, -0.2) is 9.59 Å². The molecular weight excluding hydrogens is 500 g/mol. The van der Waals surface area contributed by atoms with Gasteiger partial charge in [0.15, 0.2) is 0 Å². The van der Waals surface area contributed by atoms with Gasteiger partial charge in [0.25, 0.3) is 0 Å². The molecule has 0 aromatic heterocycles. The summed E-state index contributed by atoms with van der Waals surface area (Å²) in [5.41, 5.74) is 14.7. The maximum Gasteiger partial charge on any atom is 0.340 e. The molecule has 2 fully saturated rings. The van der Waals surface area contributed by atoms with Crippen molar-refractivity contribution in [2.45, 2.75) is 92.1 Å². The van der Waals surface area contributed by atoms with Crippen molar-refractivity contribution in [3.63, 3.8) is 0 Å². The normalized spacial score (nSPS) is 26.6. The Labute approximate surface area is 240 Å². The third kappa shape index (κ3) is 7.80. The summed E-state index contributed by atoms with van der Waals surface area (Å²) in [4.78, 5) is 23.6. The van der Waals surface area contributed by atoms with Crippen molar-refractivity contribution in [1.82, 2.24) is 0 Å². The Kier molecular flexibility index (Phi) is 11.1. The highest BCUT2D eigenvalue weighted by Gasteiger charge is 2.34. The van der Waals surface area contributed by atoms with Gasteiger partial charge in [-0.05, 0) is 90.9 Å². The summed E-state index contributed by atoms with van der Waals surface area (Å²) in [6.07, 6.45) is 6.92. The molecule has 0 saturated heterocycles. The Bertz CT molecular complexity index is 1140. The zero-order valence-electron chi connectivity index (χ0n) is 25.2. The van der Waals surface area contributed by atoms with E-state index < -0.39 is 5.97 Å². The predicted octanol–water partition coefficient (Wildman–Crippen LogP) is 8.03. The van der Waals surface area contributed by atoms with Crippen LogP contribution in [0.2, 0.25) is 0 Å². The lowest BCUT2D eigenvalue weighted by Gasteiger charge is -2.38. The van der Waals surface area contributed by atoms with E-state index in [0.717, 1.165) is 24.8 Å². The van der Waals surface area contributed by atoms with E-state index >= 15 is 0 Å². The van der Waals surface area contributed by atoms with Crippen molar-refractivity contribution in [2.75, 3.05) is 11.5 Å². The third-order valence-electron chi connectivity index (χ3n) is 9.19. The molecule has 0 bridgehead atoms. The highest BCUT2D eigenvalue weighted by molar-refractivity contribution is 5.95. The molecule has 2 aliphatic rings. The molecule has 6 atom stereocenters. The maximum atomic E-state index is 12.3. The number of nitrogens with two attached hydrogens (primary N) is 2. The Morgan fingerprint density at radius 2 is 1.38 bits per heavy atom. The first kappa shape index (κ1) is 31.5. The molecule has 0 aliphatic heterocycles. The van der Waals surface area contributed by atoms with Crippen LogP contribution in [0.1, 0.15) is 112 Å². The van der Waals surface area contributed by atoms with E-state index in [-0.39, 0.29) is 17.6 Å². The van der Waals surface area contributed by atoms with Crippen LogP contribution in [0.25, 0.3) is 0 Å². The zero-order valence-corrected chi connectivity index (χ0v) is 25.2. The number of aromatic carboxylic acids is 1. The van der Waals surface area contributed by atoms with Crippen LogP contribution >= 0.6 is 0 Å². The largest absolute Gasteiger partial charge is 0.478 e. The summed E-state index contributed by atoms with van der Waals surface area (Å²) in [6.45, 7) is 13.4. The fraction of sp³-hybridized carbons (Fsp3) is 0.588. The van der Waals surface area contributed by atoms with Crippen molar-refractivity contribution in [3.8, 4) is 0 Å². The highest BCUT2D eigenvalue weighted by atomic mass is 16.5. The van der Waals surface area contributed by atoms with Crippen molar-refractivity contribution >= 4 is 23.3 Å². The van der Waals surface area contributed by atoms with E-state index in [9.17, 15) is 14.7 Å². The quantitative estimate of drug-likeness (QED) is 0.248. The van der Waals surface area contributed by atoms with Gasteiger partial charge < -0.3 is 21.3 Å². The number of para-hydroxylation sites is 2. The molecule has 2 aliphatic carbocycles. The average molecular weight is 551 g/mol. The number of nitrogen functional groups attached to an aromatic ring is 2. The number of hydrogen-bond donors (Lipinski definition) is 3. The van der Waals surface area contributed by atoms with Gasteiger partial charge in [0.1, 0.15) is 6.10 Å². The number of carboxylic acid groups (broad SMARTS) is 1. The number of carbonyl (C=O) groups is 2. The Hall–Kier alpha value is -3.02. The van der Waals surface area contributed by atoms with Crippen LogP contribution in [-0.4, -0.2) is 23.1 Å². The second-order valence-electron chi connectivity index (χ2n) is 12.9. The summed E-state index contributed by atoms with van der Waals surface area (Å²) in [5, 5.41) is 9.24. The van der Waals surface area contributed by atoms with E-state index in [2.05, 4.69) is 41.5 Å². The van der Waals surface area contributed by atoms with Crippen LogP contribution in [-0.2, 0) is 4.74 Å². The summed E-state index contributed by atoms with van der Waals surface area (Å²) in [5.74, 6) is 2.66. The smallest absolute Gasteiger partial charge is 0.340 e. The third-order valence-corrected chi connectivity index (χ3v) is 9.19. The summed E-state index contributed by atoms with van der Waals surface area (Å²) >= 11 is 0. The number of hydrogen-bond acceptors (Lipinski definition) is 5. The Morgan fingerprint density at radius 1 is 0.800 bits per heavy atom. The Morgan fingerprint density at radius 3 is 1.98 bits per heavy atom. The first-order valence-electron chi connectivity index (χ1n) is 15.1. The lowest BCUT2D eigenvalue weighted by atomic mass is 9.67. The van der Waals surface area contributed by atoms with Crippen LogP contribution < -0.4 is 11.5 Å². The minimum Gasteiger partial charge on any atom is -0.478 e. The molecular formula is C34H50N2O4. The molecule has 6 heteroatoms. The minimum atomic E-state index is -0.936. The van der Waals surface area contributed by atoms with Crippen molar-refractivity contribution in [3.05, 3.63) is 59.2 Å².